The van der Waals surface area contributed by atoms with E-state index >= 15 is 0 Å². The van der Waals surface area contributed by atoms with E-state index in [9.17, 15) is 0 Å². The second-order valence-corrected chi connectivity index (χ2v) is 4.83. The highest BCUT2D eigenvalue weighted by Crippen LogP contribution is 2.39. The van der Waals surface area contributed by atoms with Gasteiger partial charge in [0.1, 0.15) is 0 Å². The smallest absolute Gasteiger partial charge is 0.00229 e. The van der Waals surface area contributed by atoms with Crippen LogP contribution in [-0.4, -0.2) is 0 Å². The highest BCUT2D eigenvalue weighted by atomic mass is 14.3. The van der Waals surface area contributed by atoms with Gasteiger partial charge in [-0.3, -0.25) is 0 Å². The fourth-order valence-corrected chi connectivity index (χ4v) is 2.62. The third-order valence-electron chi connectivity index (χ3n) is 3.65. The third kappa shape index (κ3) is 1.87. The van der Waals surface area contributed by atoms with Crippen molar-refractivity contribution in [3.05, 3.63) is 23.8 Å². The maximum atomic E-state index is 2.46. The van der Waals surface area contributed by atoms with E-state index in [-0.39, 0.29) is 0 Å². The van der Waals surface area contributed by atoms with Crippen molar-refractivity contribution >= 4 is 0 Å². The van der Waals surface area contributed by atoms with Crippen molar-refractivity contribution in [1.29, 1.82) is 0 Å². The van der Waals surface area contributed by atoms with Gasteiger partial charge in [0.2, 0.25) is 0 Å². The Labute approximate surface area is 81.7 Å². The molecule has 0 bridgehead atoms. The Hall–Kier alpha value is -0.520. The molecule has 2 rings (SSSR count). The Balaban J connectivity index is 2.04. The number of fused-ring (bicyclic) bond motifs is 1. The molecule has 0 aliphatic heterocycles. The summed E-state index contributed by atoms with van der Waals surface area (Å²) in [6.45, 7) is 4.73. The first-order valence-electron chi connectivity index (χ1n) is 5.63. The van der Waals surface area contributed by atoms with Crippen LogP contribution in [0.2, 0.25) is 0 Å². The van der Waals surface area contributed by atoms with Gasteiger partial charge in [-0.1, -0.05) is 37.6 Å². The third-order valence-corrected chi connectivity index (χ3v) is 3.65. The Bertz CT molecular complexity index is 232. The number of hydrogen-bond donors (Lipinski definition) is 0. The molecule has 1 saturated carbocycles. The van der Waals surface area contributed by atoms with Crippen molar-refractivity contribution in [3.63, 3.8) is 0 Å². The topological polar surface area (TPSA) is 0 Å². The Morgan fingerprint density at radius 1 is 1.31 bits per heavy atom. The van der Waals surface area contributed by atoms with Gasteiger partial charge < -0.3 is 0 Å². The first-order valence-corrected chi connectivity index (χ1v) is 5.63. The molecule has 1 fully saturated rings. The predicted octanol–water partition coefficient (Wildman–Crippen LogP) is 3.95. The fourth-order valence-electron chi connectivity index (χ4n) is 2.62. The van der Waals surface area contributed by atoms with Gasteiger partial charge in [0.05, 0.1) is 0 Å². The molecule has 72 valence electrons. The van der Waals surface area contributed by atoms with Gasteiger partial charge in [-0.25, -0.2) is 0 Å². The van der Waals surface area contributed by atoms with Crippen LogP contribution >= 0.6 is 0 Å². The van der Waals surface area contributed by atoms with Crippen LogP contribution in [0.25, 0.3) is 0 Å². The van der Waals surface area contributed by atoms with Crippen molar-refractivity contribution in [2.24, 2.45) is 17.8 Å². The van der Waals surface area contributed by atoms with Crippen LogP contribution in [0.15, 0.2) is 23.8 Å². The van der Waals surface area contributed by atoms with E-state index in [1.165, 1.54) is 25.7 Å². The summed E-state index contributed by atoms with van der Waals surface area (Å²) in [5.74, 6) is 2.63. The second kappa shape index (κ2) is 3.69. The summed E-state index contributed by atoms with van der Waals surface area (Å²) >= 11 is 0. The molecule has 0 nitrogen and oxygen atoms in total. The molecular formula is C13H20. The van der Waals surface area contributed by atoms with E-state index in [4.69, 9.17) is 0 Å². The molecule has 0 heterocycles. The summed E-state index contributed by atoms with van der Waals surface area (Å²) < 4.78 is 0. The lowest BCUT2D eigenvalue weighted by Gasteiger charge is -2.33. The zero-order valence-electron chi connectivity index (χ0n) is 8.79. The van der Waals surface area contributed by atoms with Gasteiger partial charge in [-0.15, -0.1) is 0 Å². The molecule has 0 spiro atoms. The zero-order chi connectivity index (χ0) is 9.26. The molecule has 13 heavy (non-hydrogen) atoms. The minimum absolute atomic E-state index is 0.809. The Kier molecular flexibility index (Phi) is 2.57. The number of allylic oxidation sites excluding steroid dienone is 4. The van der Waals surface area contributed by atoms with Gasteiger partial charge in [0.25, 0.3) is 0 Å². The Morgan fingerprint density at radius 3 is 2.92 bits per heavy atom. The first-order chi connectivity index (χ1) is 6.27. The monoisotopic (exact) mass is 176 g/mol. The maximum Gasteiger partial charge on any atom is -0.00229 e. The number of rotatable bonds is 1. The molecule has 0 saturated heterocycles. The minimum Gasteiger partial charge on any atom is -0.0841 e. The molecular weight excluding hydrogens is 156 g/mol. The standard InChI is InChI=1S/C13H20/c1-10(2)12-8-7-11-5-3-4-6-13(11)9-12/h3,5-6,10-12H,4,7-9H2,1-2H3. The van der Waals surface area contributed by atoms with Crippen LogP contribution < -0.4 is 0 Å². The summed E-state index contributed by atoms with van der Waals surface area (Å²) in [7, 11) is 0. The molecule has 0 aromatic heterocycles. The molecule has 0 aromatic rings. The van der Waals surface area contributed by atoms with Crippen LogP contribution in [0.5, 0.6) is 0 Å². The van der Waals surface area contributed by atoms with Crippen molar-refractivity contribution < 1.29 is 0 Å². The molecule has 0 N–H and O–H groups in total. The molecule has 0 aromatic carbocycles. The molecule has 0 heteroatoms. The van der Waals surface area contributed by atoms with E-state index in [1.807, 2.05) is 0 Å². The lowest BCUT2D eigenvalue weighted by molar-refractivity contribution is 0.296. The van der Waals surface area contributed by atoms with E-state index in [0.29, 0.717) is 0 Å². The summed E-state index contributed by atoms with van der Waals surface area (Å²) in [6, 6.07) is 0. The predicted molar refractivity (Wildman–Crippen MR) is 57.5 cm³/mol. The van der Waals surface area contributed by atoms with E-state index in [0.717, 1.165) is 17.8 Å². The van der Waals surface area contributed by atoms with Crippen LogP contribution in [-0.2, 0) is 0 Å². The number of hydrogen-bond acceptors (Lipinski definition) is 0. The van der Waals surface area contributed by atoms with Crippen molar-refractivity contribution in [1.82, 2.24) is 0 Å². The van der Waals surface area contributed by atoms with Gasteiger partial charge in [-0.2, -0.15) is 0 Å². The van der Waals surface area contributed by atoms with Crippen molar-refractivity contribution in [2.75, 3.05) is 0 Å². The highest BCUT2D eigenvalue weighted by molar-refractivity contribution is 5.22. The average molecular weight is 176 g/mol. The molecule has 0 amide bonds. The lowest BCUT2D eigenvalue weighted by atomic mass is 9.72. The SMILES string of the molecule is CC(C)C1CCC2C=CCC=C2C1. The molecule has 0 radical (unpaired) electrons. The summed E-state index contributed by atoms with van der Waals surface area (Å²) in [5.41, 5.74) is 1.73. The zero-order valence-corrected chi connectivity index (χ0v) is 8.79. The van der Waals surface area contributed by atoms with E-state index in [2.05, 4.69) is 32.1 Å². The molecule has 2 atom stereocenters. The molecule has 2 aliphatic rings. The quantitative estimate of drug-likeness (QED) is 0.531. The fraction of sp³-hybridized carbons (Fsp3) is 0.692. The van der Waals surface area contributed by atoms with Crippen LogP contribution in [0.1, 0.15) is 39.5 Å². The van der Waals surface area contributed by atoms with Gasteiger partial charge in [0, 0.05) is 0 Å². The minimum atomic E-state index is 0.809. The summed E-state index contributed by atoms with van der Waals surface area (Å²) in [5, 5.41) is 0. The van der Waals surface area contributed by atoms with Crippen molar-refractivity contribution in [3.8, 4) is 0 Å². The molecule has 2 unspecified atom stereocenters. The maximum absolute atomic E-state index is 2.46. The second-order valence-electron chi connectivity index (χ2n) is 4.83. The summed E-state index contributed by atoms with van der Waals surface area (Å²) in [6.07, 6.45) is 12.6. The van der Waals surface area contributed by atoms with Crippen LogP contribution in [0.4, 0.5) is 0 Å². The van der Waals surface area contributed by atoms with Crippen molar-refractivity contribution in [2.45, 2.75) is 39.5 Å². The molecule has 2 aliphatic carbocycles. The van der Waals surface area contributed by atoms with Gasteiger partial charge in [0.15, 0.2) is 0 Å². The largest absolute Gasteiger partial charge is 0.0841 e. The van der Waals surface area contributed by atoms with Gasteiger partial charge in [-0.05, 0) is 43.4 Å². The summed E-state index contributed by atoms with van der Waals surface area (Å²) in [4.78, 5) is 0. The van der Waals surface area contributed by atoms with Gasteiger partial charge >= 0.3 is 0 Å². The Morgan fingerprint density at radius 2 is 2.15 bits per heavy atom. The lowest BCUT2D eigenvalue weighted by Crippen LogP contribution is -2.20. The first kappa shape index (κ1) is 9.05. The average Bonchev–Trinajstić information content (AvgIpc) is 2.17. The van der Waals surface area contributed by atoms with Crippen LogP contribution in [0.3, 0.4) is 0 Å². The highest BCUT2D eigenvalue weighted by Gasteiger charge is 2.26. The van der Waals surface area contributed by atoms with E-state index < -0.39 is 0 Å². The normalized spacial score (nSPS) is 33.0. The van der Waals surface area contributed by atoms with E-state index in [1.54, 1.807) is 5.57 Å². The van der Waals surface area contributed by atoms with Crippen LogP contribution in [0, 0.1) is 17.8 Å².